The number of rotatable bonds is 5. The normalized spacial score (nSPS) is 36.4. The van der Waals surface area contributed by atoms with Gasteiger partial charge in [0.25, 0.3) is 0 Å². The van der Waals surface area contributed by atoms with Crippen molar-refractivity contribution in [1.82, 2.24) is 5.32 Å². The molecule has 4 N–H and O–H groups in total. The van der Waals surface area contributed by atoms with Gasteiger partial charge >= 0.3 is 5.97 Å². The van der Waals surface area contributed by atoms with Gasteiger partial charge in [-0.2, -0.15) is 0 Å². The maximum Gasteiger partial charge on any atom is 0.332 e. The minimum absolute atomic E-state index is 0.000671. The van der Waals surface area contributed by atoms with Gasteiger partial charge < -0.3 is 20.9 Å². The molecule has 2 fully saturated rings. The number of nitrogens with one attached hydrogen (secondary N) is 1. The molecule has 21 heavy (non-hydrogen) atoms. The van der Waals surface area contributed by atoms with Gasteiger partial charge in [0.15, 0.2) is 6.10 Å². The fourth-order valence-electron chi connectivity index (χ4n) is 3.27. The van der Waals surface area contributed by atoms with Gasteiger partial charge in [0.1, 0.15) is 0 Å². The van der Waals surface area contributed by atoms with Gasteiger partial charge in [-0.15, -0.1) is 0 Å². The summed E-state index contributed by atoms with van der Waals surface area (Å²) in [6.07, 6.45) is 3.98. The van der Waals surface area contributed by atoms with Crippen LogP contribution in [0.25, 0.3) is 0 Å². The van der Waals surface area contributed by atoms with E-state index in [1.807, 2.05) is 0 Å². The molecule has 2 aliphatic rings. The summed E-state index contributed by atoms with van der Waals surface area (Å²) in [6, 6.07) is 0. The predicted molar refractivity (Wildman–Crippen MR) is 77.7 cm³/mol. The van der Waals surface area contributed by atoms with E-state index in [9.17, 15) is 9.59 Å². The molecule has 0 radical (unpaired) electrons. The second-order valence-corrected chi connectivity index (χ2v) is 6.54. The lowest BCUT2D eigenvalue weighted by Crippen LogP contribution is -2.49. The molecule has 0 aromatic carbocycles. The van der Waals surface area contributed by atoms with Gasteiger partial charge in [-0.3, -0.25) is 4.79 Å². The number of carboxylic acids is 1. The fraction of sp³-hybridized carbons (Fsp3) is 0.867. The third-order valence-electron chi connectivity index (χ3n) is 4.98. The fourth-order valence-corrected chi connectivity index (χ4v) is 3.27. The van der Waals surface area contributed by atoms with Crippen LogP contribution in [0.2, 0.25) is 0 Å². The first-order valence-corrected chi connectivity index (χ1v) is 7.83. The molecule has 0 spiro atoms. The van der Waals surface area contributed by atoms with Crippen molar-refractivity contribution in [2.45, 2.75) is 57.7 Å². The summed E-state index contributed by atoms with van der Waals surface area (Å²) in [5, 5.41) is 11.8. The average molecular weight is 298 g/mol. The van der Waals surface area contributed by atoms with Crippen molar-refractivity contribution >= 4 is 11.9 Å². The first-order valence-electron chi connectivity index (χ1n) is 7.83. The van der Waals surface area contributed by atoms with Crippen molar-refractivity contribution in [2.75, 3.05) is 13.1 Å². The molecule has 0 aromatic heterocycles. The Labute approximate surface area is 125 Å². The van der Waals surface area contributed by atoms with E-state index >= 15 is 0 Å². The highest BCUT2D eigenvalue weighted by Gasteiger charge is 2.40. The molecular formula is C15H26N2O4. The van der Waals surface area contributed by atoms with Crippen LogP contribution in [-0.2, 0) is 14.3 Å². The number of carbonyl (C=O) groups is 2. The number of nitrogens with two attached hydrogens (primary N) is 1. The molecule has 6 heteroatoms. The average Bonchev–Trinajstić information content (AvgIpc) is 2.95. The number of hydrogen-bond acceptors (Lipinski definition) is 4. The maximum absolute atomic E-state index is 12.5. The Balaban J connectivity index is 1.82. The molecule has 1 aliphatic carbocycles. The van der Waals surface area contributed by atoms with Gasteiger partial charge in [-0.25, -0.2) is 4.79 Å². The quantitative estimate of drug-likeness (QED) is 0.699. The van der Waals surface area contributed by atoms with Crippen LogP contribution in [0.3, 0.4) is 0 Å². The molecular weight excluding hydrogens is 272 g/mol. The lowest BCUT2D eigenvalue weighted by molar-refractivity contribution is -0.149. The Kier molecular flexibility index (Phi) is 5.22. The van der Waals surface area contributed by atoms with E-state index in [2.05, 4.69) is 12.2 Å². The van der Waals surface area contributed by atoms with E-state index in [0.717, 1.165) is 25.7 Å². The van der Waals surface area contributed by atoms with E-state index in [0.29, 0.717) is 31.8 Å². The summed E-state index contributed by atoms with van der Waals surface area (Å²) in [4.78, 5) is 23.3. The van der Waals surface area contributed by atoms with E-state index < -0.39 is 17.5 Å². The molecule has 1 aliphatic heterocycles. The lowest BCUT2D eigenvalue weighted by atomic mass is 9.70. The van der Waals surface area contributed by atoms with Crippen LogP contribution >= 0.6 is 0 Å². The smallest absolute Gasteiger partial charge is 0.332 e. The number of carbonyl (C=O) groups excluding carboxylic acids is 1. The van der Waals surface area contributed by atoms with Crippen LogP contribution in [0.4, 0.5) is 0 Å². The predicted octanol–water partition coefficient (Wildman–Crippen LogP) is 0.890. The van der Waals surface area contributed by atoms with Crippen molar-refractivity contribution in [2.24, 2.45) is 17.1 Å². The van der Waals surface area contributed by atoms with E-state index in [1.54, 1.807) is 0 Å². The molecule has 1 heterocycles. The van der Waals surface area contributed by atoms with Crippen LogP contribution < -0.4 is 11.1 Å². The van der Waals surface area contributed by atoms with Gasteiger partial charge in [0.2, 0.25) is 5.91 Å². The Morgan fingerprint density at radius 2 is 1.95 bits per heavy atom. The Morgan fingerprint density at radius 1 is 1.29 bits per heavy atom. The molecule has 2 rings (SSSR count). The molecule has 1 saturated carbocycles. The second-order valence-electron chi connectivity index (χ2n) is 6.54. The van der Waals surface area contributed by atoms with Crippen molar-refractivity contribution in [3.63, 3.8) is 0 Å². The molecule has 120 valence electrons. The molecule has 6 nitrogen and oxygen atoms in total. The third kappa shape index (κ3) is 3.74. The Morgan fingerprint density at radius 3 is 2.48 bits per heavy atom. The molecule has 1 amide bonds. The number of aliphatic carboxylic acids is 1. The highest BCUT2D eigenvalue weighted by Crippen LogP contribution is 2.38. The molecule has 2 atom stereocenters. The van der Waals surface area contributed by atoms with Crippen LogP contribution in [-0.4, -0.2) is 42.3 Å². The van der Waals surface area contributed by atoms with Crippen molar-refractivity contribution in [1.29, 1.82) is 0 Å². The highest BCUT2D eigenvalue weighted by molar-refractivity contribution is 5.83. The molecule has 2 unspecified atom stereocenters. The van der Waals surface area contributed by atoms with E-state index in [4.69, 9.17) is 15.6 Å². The van der Waals surface area contributed by atoms with Gasteiger partial charge in [-0.05, 0) is 44.4 Å². The van der Waals surface area contributed by atoms with Crippen LogP contribution in [0.15, 0.2) is 0 Å². The zero-order chi connectivity index (χ0) is 15.5. The van der Waals surface area contributed by atoms with Crippen LogP contribution in [0, 0.1) is 11.3 Å². The number of carboxylic acid groups (broad SMARTS) is 1. The summed E-state index contributed by atoms with van der Waals surface area (Å²) < 4.78 is 5.40. The first kappa shape index (κ1) is 16.2. The molecule has 0 bridgehead atoms. The van der Waals surface area contributed by atoms with Crippen LogP contribution in [0.5, 0.6) is 0 Å². The lowest BCUT2D eigenvalue weighted by Gasteiger charge is -2.37. The Hall–Kier alpha value is -1.14. The topological polar surface area (TPSA) is 102 Å². The summed E-state index contributed by atoms with van der Waals surface area (Å²) >= 11 is 0. The van der Waals surface area contributed by atoms with Gasteiger partial charge in [0.05, 0.1) is 11.5 Å². The summed E-state index contributed by atoms with van der Waals surface area (Å²) in [6.45, 7) is 2.95. The van der Waals surface area contributed by atoms with Crippen molar-refractivity contribution in [3.05, 3.63) is 0 Å². The number of hydrogen-bond donors (Lipinski definition) is 3. The third-order valence-corrected chi connectivity index (χ3v) is 4.98. The van der Waals surface area contributed by atoms with Crippen molar-refractivity contribution < 1.29 is 19.4 Å². The van der Waals surface area contributed by atoms with Gasteiger partial charge in [0, 0.05) is 13.1 Å². The SMILES string of the molecule is CC1CCC(CN)(C(=O)NCC2CCC(C(=O)O)O2)CC1. The molecule has 0 aromatic rings. The number of ether oxygens (including phenoxy) is 1. The zero-order valence-corrected chi connectivity index (χ0v) is 12.6. The standard InChI is InChI=1S/C15H26N2O4/c1-10-4-6-15(9-16,7-5-10)14(20)17-8-11-2-3-12(21-11)13(18)19/h10-12H,2-9,16H2,1H3,(H,17,20)(H,18,19). The monoisotopic (exact) mass is 298 g/mol. The van der Waals surface area contributed by atoms with Crippen molar-refractivity contribution in [3.8, 4) is 0 Å². The number of amides is 1. The molecule has 1 saturated heterocycles. The largest absolute Gasteiger partial charge is 0.479 e. The minimum Gasteiger partial charge on any atom is -0.479 e. The minimum atomic E-state index is -0.927. The second kappa shape index (κ2) is 6.75. The summed E-state index contributed by atoms with van der Waals surface area (Å²) in [5.41, 5.74) is 5.41. The summed E-state index contributed by atoms with van der Waals surface area (Å²) in [7, 11) is 0. The highest BCUT2D eigenvalue weighted by atomic mass is 16.5. The van der Waals surface area contributed by atoms with E-state index in [1.165, 1.54) is 0 Å². The Bertz CT molecular complexity index is 391. The van der Waals surface area contributed by atoms with Crippen LogP contribution in [0.1, 0.15) is 45.4 Å². The zero-order valence-electron chi connectivity index (χ0n) is 12.6. The first-order chi connectivity index (χ1) is 9.97. The maximum atomic E-state index is 12.5. The van der Waals surface area contributed by atoms with E-state index in [-0.39, 0.29) is 12.0 Å². The summed E-state index contributed by atoms with van der Waals surface area (Å²) in [5.74, 6) is -0.269. The van der Waals surface area contributed by atoms with Gasteiger partial charge in [-0.1, -0.05) is 6.92 Å².